The minimum absolute atomic E-state index is 0.161. The van der Waals surface area contributed by atoms with E-state index in [-0.39, 0.29) is 12.3 Å². The number of carbonyl (C=O) groups is 1. The van der Waals surface area contributed by atoms with Crippen molar-refractivity contribution in [3.05, 3.63) is 41.6 Å². The van der Waals surface area contributed by atoms with Crippen LogP contribution in [0.4, 0.5) is 0 Å². The molecule has 2 aromatic rings. The monoisotopic (exact) mass is 317 g/mol. The molecule has 1 unspecified atom stereocenters. The minimum atomic E-state index is -0.385. The zero-order valence-electron chi connectivity index (χ0n) is 13.0. The number of esters is 1. The summed E-state index contributed by atoms with van der Waals surface area (Å²) in [6.45, 7) is 1.08. The van der Waals surface area contributed by atoms with E-state index in [4.69, 9.17) is 18.7 Å². The number of carbonyl (C=O) groups excluding carboxylic acids is 1. The maximum Gasteiger partial charge on any atom is 0.337 e. The number of nitrogens with zero attached hydrogens (tertiary/aromatic N) is 1. The molecule has 3 rings (SSSR count). The van der Waals surface area contributed by atoms with Gasteiger partial charge in [0.15, 0.2) is 12.1 Å². The van der Waals surface area contributed by atoms with Crippen molar-refractivity contribution in [2.45, 2.75) is 32.2 Å². The summed E-state index contributed by atoms with van der Waals surface area (Å²) in [6, 6.07) is 8.83. The van der Waals surface area contributed by atoms with Gasteiger partial charge in [-0.25, -0.2) is 4.79 Å². The Morgan fingerprint density at radius 1 is 1.35 bits per heavy atom. The van der Waals surface area contributed by atoms with Crippen molar-refractivity contribution in [3.8, 4) is 11.3 Å². The summed E-state index contributed by atoms with van der Waals surface area (Å²) in [5.74, 6) is 0.197. The maximum atomic E-state index is 11.6. The van der Waals surface area contributed by atoms with Gasteiger partial charge >= 0.3 is 5.97 Å². The van der Waals surface area contributed by atoms with E-state index in [9.17, 15) is 4.79 Å². The van der Waals surface area contributed by atoms with E-state index < -0.39 is 0 Å². The first kappa shape index (κ1) is 15.7. The normalized spacial score (nSPS) is 17.9. The number of benzene rings is 1. The van der Waals surface area contributed by atoms with Gasteiger partial charge in [-0.1, -0.05) is 17.3 Å². The molecule has 2 heterocycles. The molecule has 1 aromatic heterocycles. The fourth-order valence-corrected chi connectivity index (χ4v) is 2.45. The molecule has 122 valence electrons. The summed E-state index contributed by atoms with van der Waals surface area (Å²) in [6.07, 6.45) is 2.96. The molecule has 1 atom stereocenters. The predicted molar refractivity (Wildman–Crippen MR) is 81.7 cm³/mol. The molecule has 0 bridgehead atoms. The molecule has 1 fully saturated rings. The zero-order chi connectivity index (χ0) is 16.1. The molecule has 1 aliphatic heterocycles. The third kappa shape index (κ3) is 3.97. The van der Waals surface area contributed by atoms with Crippen LogP contribution >= 0.6 is 0 Å². The van der Waals surface area contributed by atoms with Gasteiger partial charge in [-0.3, -0.25) is 0 Å². The first-order valence-corrected chi connectivity index (χ1v) is 7.64. The largest absolute Gasteiger partial charge is 0.465 e. The zero-order valence-corrected chi connectivity index (χ0v) is 13.0. The molecule has 0 aliphatic carbocycles. The van der Waals surface area contributed by atoms with E-state index in [2.05, 4.69) is 5.16 Å². The van der Waals surface area contributed by atoms with Crippen LogP contribution in [-0.2, 0) is 20.8 Å². The van der Waals surface area contributed by atoms with Gasteiger partial charge in [0, 0.05) is 18.2 Å². The molecule has 0 spiro atoms. The first-order chi connectivity index (χ1) is 11.3. The summed E-state index contributed by atoms with van der Waals surface area (Å²) in [4.78, 5) is 11.6. The number of methoxy groups -OCH3 is 1. The lowest BCUT2D eigenvalue weighted by Crippen LogP contribution is -2.22. The van der Waals surface area contributed by atoms with E-state index in [0.29, 0.717) is 23.6 Å². The third-order valence-corrected chi connectivity index (χ3v) is 3.68. The SMILES string of the molecule is COC(=O)c1cccc(-c2cc(COC3CCCCO3)no2)c1. The molecule has 1 aliphatic rings. The van der Waals surface area contributed by atoms with Crippen LogP contribution in [0.2, 0.25) is 0 Å². The Bertz CT molecular complexity index is 661. The molecule has 0 radical (unpaired) electrons. The van der Waals surface area contributed by atoms with Crippen LogP contribution in [0.25, 0.3) is 11.3 Å². The average Bonchev–Trinajstić information content (AvgIpc) is 3.09. The van der Waals surface area contributed by atoms with Crippen LogP contribution in [-0.4, -0.2) is 31.1 Å². The maximum absolute atomic E-state index is 11.6. The molecular formula is C17H19NO5. The molecular weight excluding hydrogens is 298 g/mol. The molecule has 23 heavy (non-hydrogen) atoms. The van der Waals surface area contributed by atoms with Gasteiger partial charge in [-0.2, -0.15) is 0 Å². The van der Waals surface area contributed by atoms with Gasteiger partial charge in [0.25, 0.3) is 0 Å². The van der Waals surface area contributed by atoms with Crippen LogP contribution in [0.3, 0.4) is 0 Å². The molecule has 1 aromatic carbocycles. The van der Waals surface area contributed by atoms with Gasteiger partial charge in [-0.05, 0) is 31.4 Å². The summed E-state index contributed by atoms with van der Waals surface area (Å²) in [7, 11) is 1.35. The standard InChI is InChI=1S/C17H19NO5/c1-20-17(19)13-6-4-5-12(9-13)15-10-14(18-23-15)11-22-16-7-2-3-8-21-16/h4-6,9-10,16H,2-3,7-8,11H2,1H3. The van der Waals surface area contributed by atoms with Gasteiger partial charge in [0.05, 0.1) is 19.3 Å². The Labute approximate surface area is 134 Å². The van der Waals surface area contributed by atoms with Crippen molar-refractivity contribution in [1.82, 2.24) is 5.16 Å². The van der Waals surface area contributed by atoms with E-state index in [1.807, 2.05) is 6.07 Å². The predicted octanol–water partition coefficient (Wildman–Crippen LogP) is 3.17. The molecule has 0 amide bonds. The smallest absolute Gasteiger partial charge is 0.337 e. The Balaban J connectivity index is 1.65. The molecule has 0 N–H and O–H groups in total. The Kier molecular flexibility index (Phi) is 5.05. The van der Waals surface area contributed by atoms with Crippen molar-refractivity contribution >= 4 is 5.97 Å². The van der Waals surface area contributed by atoms with Crippen molar-refractivity contribution in [2.24, 2.45) is 0 Å². The van der Waals surface area contributed by atoms with E-state index in [1.54, 1.807) is 24.3 Å². The summed E-state index contributed by atoms with van der Waals surface area (Å²) in [5, 5.41) is 4.00. The molecule has 6 heteroatoms. The highest BCUT2D eigenvalue weighted by Crippen LogP contribution is 2.23. The Morgan fingerprint density at radius 3 is 3.04 bits per heavy atom. The van der Waals surface area contributed by atoms with Crippen molar-refractivity contribution < 1.29 is 23.5 Å². The van der Waals surface area contributed by atoms with Crippen LogP contribution < -0.4 is 0 Å². The van der Waals surface area contributed by atoms with E-state index in [0.717, 1.165) is 31.4 Å². The van der Waals surface area contributed by atoms with E-state index in [1.165, 1.54) is 7.11 Å². The number of rotatable bonds is 5. The fraction of sp³-hybridized carbons (Fsp3) is 0.412. The Hall–Kier alpha value is -2.18. The van der Waals surface area contributed by atoms with Crippen LogP contribution in [0.15, 0.2) is 34.9 Å². The first-order valence-electron chi connectivity index (χ1n) is 7.64. The highest BCUT2D eigenvalue weighted by Gasteiger charge is 2.16. The van der Waals surface area contributed by atoms with Crippen LogP contribution in [0, 0.1) is 0 Å². The van der Waals surface area contributed by atoms with Gasteiger partial charge < -0.3 is 18.7 Å². The van der Waals surface area contributed by atoms with Crippen molar-refractivity contribution in [1.29, 1.82) is 0 Å². The fourth-order valence-electron chi connectivity index (χ4n) is 2.45. The van der Waals surface area contributed by atoms with Crippen molar-refractivity contribution in [2.75, 3.05) is 13.7 Å². The average molecular weight is 317 g/mol. The number of aromatic nitrogens is 1. The number of hydrogen-bond acceptors (Lipinski definition) is 6. The second kappa shape index (κ2) is 7.39. The lowest BCUT2D eigenvalue weighted by atomic mass is 10.1. The second-order valence-electron chi connectivity index (χ2n) is 5.36. The second-order valence-corrected chi connectivity index (χ2v) is 5.36. The topological polar surface area (TPSA) is 70.8 Å². The molecule has 0 saturated carbocycles. The summed E-state index contributed by atoms with van der Waals surface area (Å²) >= 11 is 0. The highest BCUT2D eigenvalue weighted by molar-refractivity contribution is 5.90. The molecule has 1 saturated heterocycles. The number of hydrogen-bond donors (Lipinski definition) is 0. The summed E-state index contributed by atoms with van der Waals surface area (Å²) in [5.41, 5.74) is 1.92. The highest BCUT2D eigenvalue weighted by atomic mass is 16.7. The van der Waals surface area contributed by atoms with Crippen LogP contribution in [0.5, 0.6) is 0 Å². The Morgan fingerprint density at radius 2 is 2.26 bits per heavy atom. The van der Waals surface area contributed by atoms with Gasteiger partial charge in [0.2, 0.25) is 0 Å². The quantitative estimate of drug-likeness (QED) is 0.789. The minimum Gasteiger partial charge on any atom is -0.465 e. The van der Waals surface area contributed by atoms with Crippen molar-refractivity contribution in [3.63, 3.8) is 0 Å². The summed E-state index contributed by atoms with van der Waals surface area (Å²) < 4.78 is 21.2. The lowest BCUT2D eigenvalue weighted by molar-refractivity contribution is -0.169. The van der Waals surface area contributed by atoms with Gasteiger partial charge in [0.1, 0.15) is 5.69 Å². The molecule has 6 nitrogen and oxygen atoms in total. The van der Waals surface area contributed by atoms with E-state index >= 15 is 0 Å². The lowest BCUT2D eigenvalue weighted by Gasteiger charge is -2.21. The third-order valence-electron chi connectivity index (χ3n) is 3.68. The van der Waals surface area contributed by atoms with Gasteiger partial charge in [-0.15, -0.1) is 0 Å². The number of ether oxygens (including phenoxy) is 3. The van der Waals surface area contributed by atoms with Crippen LogP contribution in [0.1, 0.15) is 35.3 Å².